The number of carbonyl (C=O) groups is 2. The summed E-state index contributed by atoms with van der Waals surface area (Å²) in [5.74, 6) is 0.276. The maximum absolute atomic E-state index is 13.3. The standard InChI is InChI=1S/C24H31N3O4/c1-17(2)21(26-9-12-30-13-10-26)15-25-23(28)20-14-18-6-3-4-7-19(18)16-27(20)24(29)22-8-5-11-31-22/h3-8,11,17,20-21H,9-10,12-16H2,1-2H3,(H,25,28). The number of fused-ring (bicyclic) bond motifs is 1. The van der Waals surface area contributed by atoms with Gasteiger partial charge in [0.25, 0.3) is 5.91 Å². The quantitative estimate of drug-likeness (QED) is 0.769. The van der Waals surface area contributed by atoms with E-state index in [4.69, 9.17) is 9.15 Å². The molecule has 0 radical (unpaired) electrons. The SMILES string of the molecule is CC(C)C(CNC(=O)C1Cc2ccccc2CN1C(=O)c1ccco1)N1CCOCC1. The highest BCUT2D eigenvalue weighted by molar-refractivity contribution is 5.96. The Hall–Kier alpha value is -2.64. The molecule has 0 bridgehead atoms. The van der Waals surface area contributed by atoms with Crippen molar-refractivity contribution < 1.29 is 18.7 Å². The number of morpholine rings is 1. The molecule has 0 spiro atoms. The van der Waals surface area contributed by atoms with E-state index < -0.39 is 6.04 Å². The van der Waals surface area contributed by atoms with Gasteiger partial charge in [-0.3, -0.25) is 14.5 Å². The zero-order valence-electron chi connectivity index (χ0n) is 18.3. The van der Waals surface area contributed by atoms with Crippen LogP contribution in [0.1, 0.15) is 35.5 Å². The molecule has 1 saturated heterocycles. The van der Waals surface area contributed by atoms with Crippen molar-refractivity contribution in [3.05, 3.63) is 59.5 Å². The molecule has 7 heteroatoms. The number of hydrogen-bond acceptors (Lipinski definition) is 5. The first kappa shape index (κ1) is 21.6. The van der Waals surface area contributed by atoms with E-state index in [0.717, 1.165) is 37.4 Å². The van der Waals surface area contributed by atoms with E-state index in [0.29, 0.717) is 25.4 Å². The number of nitrogens with one attached hydrogen (secondary N) is 1. The number of ether oxygens (including phenoxy) is 1. The normalized spacial score (nSPS) is 20.4. The van der Waals surface area contributed by atoms with Crippen molar-refractivity contribution in [3.8, 4) is 0 Å². The van der Waals surface area contributed by atoms with E-state index in [1.807, 2.05) is 24.3 Å². The van der Waals surface area contributed by atoms with Crippen molar-refractivity contribution in [1.29, 1.82) is 0 Å². The van der Waals surface area contributed by atoms with Gasteiger partial charge in [0.2, 0.25) is 5.91 Å². The van der Waals surface area contributed by atoms with Crippen LogP contribution in [0, 0.1) is 5.92 Å². The molecule has 2 aromatic rings. The third-order valence-corrected chi connectivity index (χ3v) is 6.31. The number of amides is 2. The molecule has 2 atom stereocenters. The topological polar surface area (TPSA) is 75.0 Å². The van der Waals surface area contributed by atoms with E-state index in [1.54, 1.807) is 17.0 Å². The highest BCUT2D eigenvalue weighted by Crippen LogP contribution is 2.25. The van der Waals surface area contributed by atoms with Gasteiger partial charge >= 0.3 is 0 Å². The first-order valence-electron chi connectivity index (χ1n) is 11.1. The lowest BCUT2D eigenvalue weighted by Gasteiger charge is -2.38. The first-order chi connectivity index (χ1) is 15.0. The maximum Gasteiger partial charge on any atom is 0.290 e. The molecule has 2 amide bonds. The van der Waals surface area contributed by atoms with Crippen molar-refractivity contribution in [1.82, 2.24) is 15.1 Å². The Balaban J connectivity index is 1.50. The van der Waals surface area contributed by atoms with Crippen LogP contribution in [0.4, 0.5) is 0 Å². The summed E-state index contributed by atoms with van der Waals surface area (Å²) in [6.45, 7) is 8.50. The molecule has 1 N–H and O–H groups in total. The smallest absolute Gasteiger partial charge is 0.290 e. The summed E-state index contributed by atoms with van der Waals surface area (Å²) in [6.07, 6.45) is 1.98. The Kier molecular flexibility index (Phi) is 6.73. The lowest BCUT2D eigenvalue weighted by molar-refractivity contribution is -0.126. The Morgan fingerprint density at radius 1 is 1.10 bits per heavy atom. The molecule has 4 rings (SSSR count). The summed E-state index contributed by atoms with van der Waals surface area (Å²) < 4.78 is 10.8. The van der Waals surface area contributed by atoms with Crippen LogP contribution >= 0.6 is 0 Å². The number of hydrogen-bond donors (Lipinski definition) is 1. The molecule has 2 aliphatic heterocycles. The van der Waals surface area contributed by atoms with Crippen LogP contribution in [-0.4, -0.2) is 66.5 Å². The van der Waals surface area contributed by atoms with Crippen LogP contribution < -0.4 is 5.32 Å². The average Bonchev–Trinajstić information content (AvgIpc) is 3.33. The monoisotopic (exact) mass is 425 g/mol. The van der Waals surface area contributed by atoms with Gasteiger partial charge in [-0.15, -0.1) is 0 Å². The number of benzene rings is 1. The van der Waals surface area contributed by atoms with Crippen LogP contribution in [-0.2, 0) is 22.5 Å². The molecule has 3 heterocycles. The average molecular weight is 426 g/mol. The van der Waals surface area contributed by atoms with E-state index >= 15 is 0 Å². The zero-order chi connectivity index (χ0) is 21.8. The molecule has 166 valence electrons. The second kappa shape index (κ2) is 9.66. The van der Waals surface area contributed by atoms with Gasteiger partial charge in [-0.2, -0.15) is 0 Å². The van der Waals surface area contributed by atoms with Gasteiger partial charge in [-0.1, -0.05) is 38.1 Å². The van der Waals surface area contributed by atoms with E-state index in [-0.39, 0.29) is 23.6 Å². The van der Waals surface area contributed by atoms with Gasteiger partial charge in [0.05, 0.1) is 19.5 Å². The third kappa shape index (κ3) is 4.83. The Morgan fingerprint density at radius 3 is 2.52 bits per heavy atom. The molecule has 31 heavy (non-hydrogen) atoms. The van der Waals surface area contributed by atoms with Crippen molar-refractivity contribution in [2.75, 3.05) is 32.8 Å². The highest BCUT2D eigenvalue weighted by atomic mass is 16.5. The number of furan rings is 1. The Labute approximate surface area is 183 Å². The summed E-state index contributed by atoms with van der Waals surface area (Å²) in [5, 5.41) is 3.15. The summed E-state index contributed by atoms with van der Waals surface area (Å²) in [7, 11) is 0. The highest BCUT2D eigenvalue weighted by Gasteiger charge is 2.36. The lowest BCUT2D eigenvalue weighted by atomic mass is 9.93. The molecule has 0 saturated carbocycles. The molecule has 1 aromatic heterocycles. The number of rotatable bonds is 6. The summed E-state index contributed by atoms with van der Waals surface area (Å²) in [6, 6.07) is 11.0. The molecule has 0 aliphatic carbocycles. The minimum Gasteiger partial charge on any atom is -0.459 e. The summed E-state index contributed by atoms with van der Waals surface area (Å²) in [5.41, 5.74) is 2.18. The molecular weight excluding hydrogens is 394 g/mol. The van der Waals surface area contributed by atoms with Crippen molar-refractivity contribution in [2.24, 2.45) is 5.92 Å². The molecule has 1 aromatic carbocycles. The second-order valence-corrected chi connectivity index (χ2v) is 8.60. The molecule has 1 fully saturated rings. The number of carbonyl (C=O) groups excluding carboxylic acids is 2. The van der Waals surface area contributed by atoms with Crippen molar-refractivity contribution in [3.63, 3.8) is 0 Å². The van der Waals surface area contributed by atoms with E-state index in [9.17, 15) is 9.59 Å². The fraction of sp³-hybridized carbons (Fsp3) is 0.500. The second-order valence-electron chi connectivity index (χ2n) is 8.60. The number of nitrogens with zero attached hydrogens (tertiary/aromatic N) is 2. The fourth-order valence-corrected chi connectivity index (χ4v) is 4.53. The molecule has 2 aliphatic rings. The fourth-order valence-electron chi connectivity index (χ4n) is 4.53. The van der Waals surface area contributed by atoms with Gasteiger partial charge in [0.15, 0.2) is 5.76 Å². The minimum absolute atomic E-state index is 0.117. The van der Waals surface area contributed by atoms with Crippen LogP contribution in [0.3, 0.4) is 0 Å². The predicted molar refractivity (Wildman–Crippen MR) is 117 cm³/mol. The van der Waals surface area contributed by atoms with E-state index in [2.05, 4.69) is 24.1 Å². The summed E-state index contributed by atoms with van der Waals surface area (Å²) in [4.78, 5) is 30.5. The maximum atomic E-state index is 13.3. The Bertz CT molecular complexity index is 890. The largest absolute Gasteiger partial charge is 0.459 e. The van der Waals surface area contributed by atoms with Gasteiger partial charge < -0.3 is 19.4 Å². The van der Waals surface area contributed by atoms with Crippen LogP contribution in [0.5, 0.6) is 0 Å². The van der Waals surface area contributed by atoms with Crippen molar-refractivity contribution >= 4 is 11.8 Å². The minimum atomic E-state index is -0.565. The van der Waals surface area contributed by atoms with Gasteiger partial charge in [-0.05, 0) is 29.2 Å². The molecular formula is C24H31N3O4. The van der Waals surface area contributed by atoms with Gasteiger partial charge in [0, 0.05) is 38.6 Å². The lowest BCUT2D eigenvalue weighted by Crippen LogP contribution is -2.56. The first-order valence-corrected chi connectivity index (χ1v) is 11.1. The predicted octanol–water partition coefficient (Wildman–Crippen LogP) is 2.32. The Morgan fingerprint density at radius 2 is 1.84 bits per heavy atom. The van der Waals surface area contributed by atoms with Crippen LogP contribution in [0.2, 0.25) is 0 Å². The third-order valence-electron chi connectivity index (χ3n) is 6.31. The molecule has 7 nitrogen and oxygen atoms in total. The van der Waals surface area contributed by atoms with Crippen molar-refractivity contribution in [2.45, 2.75) is 38.9 Å². The van der Waals surface area contributed by atoms with Gasteiger partial charge in [-0.25, -0.2) is 0 Å². The molecule has 2 unspecified atom stereocenters. The summed E-state index contributed by atoms with van der Waals surface area (Å²) >= 11 is 0. The zero-order valence-corrected chi connectivity index (χ0v) is 18.3. The van der Waals surface area contributed by atoms with Crippen LogP contribution in [0.15, 0.2) is 47.1 Å². The van der Waals surface area contributed by atoms with E-state index in [1.165, 1.54) is 6.26 Å². The van der Waals surface area contributed by atoms with Crippen LogP contribution in [0.25, 0.3) is 0 Å². The van der Waals surface area contributed by atoms with Gasteiger partial charge in [0.1, 0.15) is 6.04 Å².